The van der Waals surface area contributed by atoms with Gasteiger partial charge in [0.25, 0.3) is 0 Å². The summed E-state index contributed by atoms with van der Waals surface area (Å²) in [5, 5.41) is 0. The standard InChI is InChI=1S/C8H8BrNO.C8H6F3NO/c9-7-3-1-6(2-4-7)8(11)5-10;9-8(10,11)6-3-1-5(2-4-6)7(12)13/h1-4H,5,10H2;1-4H,(H2,12,13). The Morgan fingerprint density at radius 3 is 1.75 bits per heavy atom. The number of ketones is 1. The molecule has 128 valence electrons. The molecular formula is C16H14BrF3N2O2. The lowest BCUT2D eigenvalue weighted by Crippen LogP contribution is -2.13. The maximum Gasteiger partial charge on any atom is 0.416 e. The Labute approximate surface area is 144 Å². The second kappa shape index (κ2) is 8.60. The molecule has 0 aromatic heterocycles. The van der Waals surface area contributed by atoms with Gasteiger partial charge in [-0.2, -0.15) is 13.2 Å². The molecule has 0 aliphatic heterocycles. The molecule has 2 rings (SSSR count). The van der Waals surface area contributed by atoms with Crippen LogP contribution in [0.1, 0.15) is 26.3 Å². The van der Waals surface area contributed by atoms with Crippen molar-refractivity contribution in [1.82, 2.24) is 0 Å². The fraction of sp³-hybridized carbons (Fsp3) is 0.125. The summed E-state index contributed by atoms with van der Waals surface area (Å²) in [6.07, 6.45) is -4.38. The maximum atomic E-state index is 12.0. The van der Waals surface area contributed by atoms with Gasteiger partial charge in [-0.3, -0.25) is 9.59 Å². The number of carbonyl (C=O) groups excluding carboxylic acids is 2. The normalized spacial score (nSPS) is 10.5. The smallest absolute Gasteiger partial charge is 0.366 e. The van der Waals surface area contributed by atoms with Gasteiger partial charge in [-0.15, -0.1) is 0 Å². The molecule has 0 heterocycles. The highest BCUT2D eigenvalue weighted by Gasteiger charge is 2.30. The summed E-state index contributed by atoms with van der Waals surface area (Å²) < 4.78 is 37.0. The number of primary amides is 1. The van der Waals surface area contributed by atoms with E-state index in [1.165, 1.54) is 0 Å². The summed E-state index contributed by atoms with van der Waals surface area (Å²) in [5.41, 5.74) is 9.97. The molecule has 2 aromatic carbocycles. The van der Waals surface area contributed by atoms with Crippen molar-refractivity contribution in [3.63, 3.8) is 0 Å². The Hall–Kier alpha value is -2.19. The van der Waals surface area contributed by atoms with Gasteiger partial charge in [-0.1, -0.05) is 28.1 Å². The lowest BCUT2D eigenvalue weighted by Gasteiger charge is -2.05. The number of carbonyl (C=O) groups is 2. The number of benzene rings is 2. The fourth-order valence-electron chi connectivity index (χ4n) is 1.58. The average Bonchev–Trinajstić information content (AvgIpc) is 2.54. The molecule has 24 heavy (non-hydrogen) atoms. The number of nitrogens with two attached hydrogens (primary N) is 2. The summed E-state index contributed by atoms with van der Waals surface area (Å²) in [5.74, 6) is -0.772. The Bertz CT molecular complexity index is 699. The zero-order valence-electron chi connectivity index (χ0n) is 12.3. The van der Waals surface area contributed by atoms with Crippen molar-refractivity contribution in [1.29, 1.82) is 0 Å². The summed E-state index contributed by atoms with van der Waals surface area (Å²) >= 11 is 3.27. The van der Waals surface area contributed by atoms with Crippen molar-refractivity contribution in [2.75, 3.05) is 6.54 Å². The minimum Gasteiger partial charge on any atom is -0.366 e. The Morgan fingerprint density at radius 1 is 0.917 bits per heavy atom. The van der Waals surface area contributed by atoms with Gasteiger partial charge >= 0.3 is 6.18 Å². The third-order valence-corrected chi connectivity index (χ3v) is 3.38. The fourth-order valence-corrected chi connectivity index (χ4v) is 1.84. The van der Waals surface area contributed by atoms with E-state index >= 15 is 0 Å². The van der Waals surface area contributed by atoms with Crippen molar-refractivity contribution in [3.05, 3.63) is 69.7 Å². The first-order valence-corrected chi connectivity index (χ1v) is 7.40. The monoisotopic (exact) mass is 402 g/mol. The van der Waals surface area contributed by atoms with Crippen LogP contribution in [-0.4, -0.2) is 18.2 Å². The lowest BCUT2D eigenvalue weighted by molar-refractivity contribution is -0.137. The second-order valence-electron chi connectivity index (χ2n) is 4.57. The molecule has 0 bridgehead atoms. The van der Waals surface area contributed by atoms with Gasteiger partial charge in [0.05, 0.1) is 12.1 Å². The second-order valence-corrected chi connectivity index (χ2v) is 5.49. The molecule has 0 atom stereocenters. The molecule has 4 N–H and O–H groups in total. The van der Waals surface area contributed by atoms with Gasteiger partial charge in [-0.05, 0) is 36.4 Å². The molecule has 1 amide bonds. The zero-order valence-corrected chi connectivity index (χ0v) is 13.9. The third-order valence-electron chi connectivity index (χ3n) is 2.85. The van der Waals surface area contributed by atoms with E-state index in [1.807, 2.05) is 12.1 Å². The molecule has 0 saturated heterocycles. The first kappa shape index (κ1) is 19.9. The molecule has 0 unspecified atom stereocenters. The topological polar surface area (TPSA) is 86.2 Å². The highest BCUT2D eigenvalue weighted by Crippen LogP contribution is 2.28. The van der Waals surface area contributed by atoms with Gasteiger partial charge in [0.1, 0.15) is 0 Å². The number of Topliss-reactive ketones (excluding diaryl/α,β-unsaturated/α-hetero) is 1. The van der Waals surface area contributed by atoms with Gasteiger partial charge in [0, 0.05) is 15.6 Å². The SMILES string of the molecule is NC(=O)c1ccc(C(F)(F)F)cc1.NCC(=O)c1ccc(Br)cc1. The third kappa shape index (κ3) is 6.13. The molecule has 4 nitrogen and oxygen atoms in total. The van der Waals surface area contributed by atoms with E-state index in [9.17, 15) is 22.8 Å². The summed E-state index contributed by atoms with van der Waals surface area (Å²) in [7, 11) is 0. The van der Waals surface area contributed by atoms with E-state index in [0.717, 1.165) is 28.7 Å². The van der Waals surface area contributed by atoms with E-state index in [-0.39, 0.29) is 17.9 Å². The predicted molar refractivity (Wildman–Crippen MR) is 87.5 cm³/mol. The van der Waals surface area contributed by atoms with Crippen LogP contribution < -0.4 is 11.5 Å². The summed E-state index contributed by atoms with van der Waals surface area (Å²) in [6.45, 7) is 0.0711. The largest absolute Gasteiger partial charge is 0.416 e. The molecule has 0 saturated carbocycles. The van der Waals surface area contributed by atoms with Crippen molar-refractivity contribution in [2.24, 2.45) is 11.5 Å². The van der Waals surface area contributed by atoms with E-state index in [4.69, 9.17) is 11.5 Å². The van der Waals surface area contributed by atoms with Crippen LogP contribution in [0.4, 0.5) is 13.2 Å². The van der Waals surface area contributed by atoms with Crippen molar-refractivity contribution in [3.8, 4) is 0 Å². The number of amides is 1. The maximum absolute atomic E-state index is 12.0. The quantitative estimate of drug-likeness (QED) is 0.771. The average molecular weight is 403 g/mol. The highest BCUT2D eigenvalue weighted by molar-refractivity contribution is 9.10. The van der Waals surface area contributed by atoms with E-state index in [0.29, 0.717) is 5.56 Å². The lowest BCUT2D eigenvalue weighted by atomic mass is 10.1. The van der Waals surface area contributed by atoms with Gasteiger partial charge < -0.3 is 11.5 Å². The van der Waals surface area contributed by atoms with Crippen molar-refractivity contribution in [2.45, 2.75) is 6.18 Å². The molecule has 0 radical (unpaired) electrons. The molecule has 0 fully saturated rings. The van der Waals surface area contributed by atoms with Gasteiger partial charge in [-0.25, -0.2) is 0 Å². The summed E-state index contributed by atoms with van der Waals surface area (Å²) in [6, 6.07) is 10.9. The first-order valence-electron chi connectivity index (χ1n) is 6.61. The molecule has 0 aliphatic carbocycles. The first-order chi connectivity index (χ1) is 11.1. The van der Waals surface area contributed by atoms with Crippen LogP contribution in [0.5, 0.6) is 0 Å². The van der Waals surface area contributed by atoms with Gasteiger partial charge in [0.2, 0.25) is 5.91 Å². The van der Waals surface area contributed by atoms with Crippen molar-refractivity contribution < 1.29 is 22.8 Å². The van der Waals surface area contributed by atoms with Crippen LogP contribution in [0.3, 0.4) is 0 Å². The highest BCUT2D eigenvalue weighted by atomic mass is 79.9. The Balaban J connectivity index is 0.000000243. The van der Waals surface area contributed by atoms with E-state index < -0.39 is 17.6 Å². The molecular weight excluding hydrogens is 389 g/mol. The number of alkyl halides is 3. The summed E-state index contributed by atoms with van der Waals surface area (Å²) in [4.78, 5) is 21.5. The number of halogens is 4. The van der Waals surface area contributed by atoms with Crippen LogP contribution in [0.25, 0.3) is 0 Å². The Morgan fingerprint density at radius 2 is 1.38 bits per heavy atom. The van der Waals surface area contributed by atoms with Crippen LogP contribution >= 0.6 is 15.9 Å². The van der Waals surface area contributed by atoms with Crippen LogP contribution in [0, 0.1) is 0 Å². The zero-order chi connectivity index (χ0) is 18.3. The van der Waals surface area contributed by atoms with Crippen LogP contribution in [0.2, 0.25) is 0 Å². The minimum absolute atomic E-state index is 0.0301. The number of rotatable bonds is 3. The van der Waals surface area contributed by atoms with Gasteiger partial charge in [0.15, 0.2) is 5.78 Å². The number of hydrogen-bond donors (Lipinski definition) is 2. The Kier molecular flexibility index (Phi) is 7.12. The minimum atomic E-state index is -4.38. The van der Waals surface area contributed by atoms with Crippen LogP contribution in [0.15, 0.2) is 53.0 Å². The molecule has 0 aliphatic rings. The van der Waals surface area contributed by atoms with Crippen LogP contribution in [-0.2, 0) is 6.18 Å². The number of hydrogen-bond acceptors (Lipinski definition) is 3. The predicted octanol–water partition coefficient (Wildman–Crippen LogP) is 3.39. The molecule has 8 heteroatoms. The molecule has 0 spiro atoms. The van der Waals surface area contributed by atoms with E-state index in [2.05, 4.69) is 15.9 Å². The van der Waals surface area contributed by atoms with Crippen molar-refractivity contribution >= 4 is 27.6 Å². The van der Waals surface area contributed by atoms with E-state index in [1.54, 1.807) is 12.1 Å². The molecule has 2 aromatic rings.